The quantitative estimate of drug-likeness (QED) is 0.553. The van der Waals surface area contributed by atoms with E-state index >= 15 is 0 Å². The topological polar surface area (TPSA) is 104 Å². The van der Waals surface area contributed by atoms with Gasteiger partial charge in [-0.15, -0.1) is 0 Å². The van der Waals surface area contributed by atoms with Crippen molar-refractivity contribution in [2.24, 2.45) is 0 Å². The molecule has 9 heteroatoms. The summed E-state index contributed by atoms with van der Waals surface area (Å²) in [7, 11) is -3.70. The van der Waals surface area contributed by atoms with Gasteiger partial charge in [0.15, 0.2) is 0 Å². The molecule has 0 saturated carbocycles. The molecule has 1 aliphatic heterocycles. The third-order valence-corrected chi connectivity index (χ3v) is 8.30. The average Bonchev–Trinajstić information content (AvgIpc) is 2.75. The van der Waals surface area contributed by atoms with Crippen LogP contribution in [0.5, 0.6) is 0 Å². The van der Waals surface area contributed by atoms with Gasteiger partial charge >= 0.3 is 0 Å². The highest BCUT2D eigenvalue weighted by molar-refractivity contribution is 7.89. The molecule has 0 bridgehead atoms. The summed E-state index contributed by atoms with van der Waals surface area (Å²) in [6.07, 6.45) is 5.06. The number of nitrogens with one attached hydrogen (secondary N) is 3. The molecule has 1 fully saturated rings. The Morgan fingerprint density at radius 2 is 2.00 bits per heavy atom. The van der Waals surface area contributed by atoms with Crippen LogP contribution in [0, 0.1) is 0 Å². The molecular weight excluding hydrogens is 416 g/mol. The predicted octanol–water partition coefficient (Wildman–Crippen LogP) is 0.746. The molecule has 2 atom stereocenters. The monoisotopic (exact) mass is 449 g/mol. The average molecular weight is 450 g/mol. The molecule has 2 heterocycles. The van der Waals surface area contributed by atoms with Gasteiger partial charge in [0.05, 0.1) is 30.6 Å². The maximum Gasteiger partial charge on any atom is 0.256 e. The van der Waals surface area contributed by atoms with Gasteiger partial charge in [0, 0.05) is 30.2 Å². The molecule has 170 valence electrons. The fourth-order valence-electron chi connectivity index (χ4n) is 4.30. The number of aromatic nitrogens is 1. The number of hydrogen-bond acceptors (Lipinski definition) is 4. The van der Waals surface area contributed by atoms with Crippen LogP contribution in [0.2, 0.25) is 0 Å². The van der Waals surface area contributed by atoms with Crippen LogP contribution in [-0.4, -0.2) is 62.4 Å². The van der Waals surface area contributed by atoms with Crippen LogP contribution >= 0.6 is 0 Å². The summed E-state index contributed by atoms with van der Waals surface area (Å²) in [4.78, 5) is 30.1. The molecule has 0 spiro atoms. The van der Waals surface area contributed by atoms with Gasteiger partial charge in [0.2, 0.25) is 15.5 Å². The van der Waals surface area contributed by atoms with Crippen LogP contribution in [-0.2, 0) is 10.0 Å². The number of amides is 1. The van der Waals surface area contributed by atoms with Crippen molar-refractivity contribution in [2.45, 2.75) is 51.0 Å². The van der Waals surface area contributed by atoms with Crippen molar-refractivity contribution in [3.63, 3.8) is 0 Å². The van der Waals surface area contributed by atoms with Gasteiger partial charge in [-0.25, -0.2) is 8.42 Å². The molecule has 31 heavy (non-hydrogen) atoms. The molecule has 1 aromatic carbocycles. The molecule has 2 aromatic rings. The number of pyridine rings is 1. The van der Waals surface area contributed by atoms with Crippen molar-refractivity contribution in [1.29, 1.82) is 0 Å². The summed E-state index contributed by atoms with van der Waals surface area (Å²) in [6, 6.07) is 4.99. The Hall–Kier alpha value is -2.23. The van der Waals surface area contributed by atoms with Gasteiger partial charge < -0.3 is 15.2 Å². The van der Waals surface area contributed by atoms with E-state index in [1.54, 1.807) is 19.9 Å². The van der Waals surface area contributed by atoms with Gasteiger partial charge in [0.25, 0.3) is 5.91 Å². The van der Waals surface area contributed by atoms with Crippen LogP contribution in [0.15, 0.2) is 34.1 Å². The number of likely N-dealkylation sites (tertiary alicyclic amines) is 1. The van der Waals surface area contributed by atoms with Crippen molar-refractivity contribution in [3.05, 3.63) is 40.2 Å². The highest BCUT2D eigenvalue weighted by Crippen LogP contribution is 2.19. The van der Waals surface area contributed by atoms with Crippen LogP contribution in [0.25, 0.3) is 10.9 Å². The van der Waals surface area contributed by atoms with Crippen molar-refractivity contribution in [2.75, 3.05) is 32.7 Å². The van der Waals surface area contributed by atoms with E-state index in [2.05, 4.69) is 17.2 Å². The van der Waals surface area contributed by atoms with E-state index in [1.807, 2.05) is 0 Å². The van der Waals surface area contributed by atoms with E-state index in [1.165, 1.54) is 46.8 Å². The minimum absolute atomic E-state index is 0.00780. The van der Waals surface area contributed by atoms with E-state index in [0.717, 1.165) is 13.1 Å². The Morgan fingerprint density at radius 1 is 1.26 bits per heavy atom. The number of nitrogens with zero attached hydrogens (tertiary/aromatic N) is 1. The van der Waals surface area contributed by atoms with Gasteiger partial charge in [-0.2, -0.15) is 4.31 Å². The number of hydrogen-bond donors (Lipinski definition) is 3. The summed E-state index contributed by atoms with van der Waals surface area (Å²) in [6.45, 7) is 8.87. The maximum absolute atomic E-state index is 13.0. The number of quaternary nitrogens is 1. The number of carbonyl (C=O) groups is 1. The minimum Gasteiger partial charge on any atom is -0.360 e. The molecule has 0 radical (unpaired) electrons. The van der Waals surface area contributed by atoms with Crippen LogP contribution in [0.3, 0.4) is 0 Å². The van der Waals surface area contributed by atoms with Crippen molar-refractivity contribution >= 4 is 26.8 Å². The Bertz CT molecular complexity index is 1090. The van der Waals surface area contributed by atoms with Crippen molar-refractivity contribution in [1.82, 2.24) is 14.6 Å². The van der Waals surface area contributed by atoms with Crippen molar-refractivity contribution in [3.8, 4) is 0 Å². The van der Waals surface area contributed by atoms with Gasteiger partial charge in [-0.1, -0.05) is 13.8 Å². The Morgan fingerprint density at radius 3 is 2.68 bits per heavy atom. The third kappa shape index (κ3) is 4.99. The molecule has 3 rings (SSSR count). The first kappa shape index (κ1) is 23.4. The summed E-state index contributed by atoms with van der Waals surface area (Å²) >= 11 is 0. The number of H-pyrrole nitrogens is 1. The van der Waals surface area contributed by atoms with E-state index in [4.69, 9.17) is 0 Å². The summed E-state index contributed by atoms with van der Waals surface area (Å²) < 4.78 is 27.0. The fourth-order valence-corrected chi connectivity index (χ4v) is 5.78. The lowest BCUT2D eigenvalue weighted by Crippen LogP contribution is -3.16. The van der Waals surface area contributed by atoms with Gasteiger partial charge in [-0.3, -0.25) is 9.59 Å². The molecule has 1 aromatic heterocycles. The Labute approximate surface area is 183 Å². The molecule has 1 amide bonds. The first-order valence-corrected chi connectivity index (χ1v) is 12.5. The summed E-state index contributed by atoms with van der Waals surface area (Å²) in [5, 5.41) is 3.04. The number of rotatable bonds is 8. The van der Waals surface area contributed by atoms with Crippen LogP contribution in [0.1, 0.15) is 50.4 Å². The van der Waals surface area contributed by atoms with E-state index < -0.39 is 21.4 Å². The van der Waals surface area contributed by atoms with E-state index in [-0.39, 0.29) is 15.8 Å². The number of carbonyl (C=O) groups excluding carboxylic acids is 1. The zero-order valence-electron chi connectivity index (χ0n) is 18.5. The Kier molecular flexibility index (Phi) is 7.51. The highest BCUT2D eigenvalue weighted by atomic mass is 32.2. The molecular formula is C22H33N4O4S+. The molecule has 2 unspecified atom stereocenters. The fraction of sp³-hybridized carbons (Fsp3) is 0.545. The zero-order valence-corrected chi connectivity index (χ0v) is 19.3. The molecule has 1 saturated heterocycles. The summed E-state index contributed by atoms with van der Waals surface area (Å²) in [5.41, 5.74) is 0.0137. The maximum atomic E-state index is 13.0. The SMILES string of the molecule is CCN(CC)S(=O)(=O)c1ccc2[nH]cc(C(=O)NCC[NH+]3CCCCC3C)c(=O)c2c1. The first-order valence-electron chi connectivity index (χ1n) is 11.1. The third-order valence-electron chi connectivity index (χ3n) is 6.25. The van der Waals surface area contributed by atoms with Crippen LogP contribution in [0.4, 0.5) is 0 Å². The van der Waals surface area contributed by atoms with Crippen molar-refractivity contribution < 1.29 is 18.1 Å². The molecule has 8 nitrogen and oxygen atoms in total. The van der Waals surface area contributed by atoms with Gasteiger partial charge in [-0.05, 0) is 44.4 Å². The second kappa shape index (κ2) is 9.93. The van der Waals surface area contributed by atoms with E-state index in [0.29, 0.717) is 31.2 Å². The Balaban J connectivity index is 1.81. The second-order valence-electron chi connectivity index (χ2n) is 8.14. The lowest BCUT2D eigenvalue weighted by molar-refractivity contribution is -0.927. The highest BCUT2D eigenvalue weighted by Gasteiger charge is 2.24. The second-order valence-corrected chi connectivity index (χ2v) is 10.1. The zero-order chi connectivity index (χ0) is 22.6. The molecule has 1 aliphatic rings. The first-order chi connectivity index (χ1) is 14.8. The predicted molar refractivity (Wildman–Crippen MR) is 121 cm³/mol. The molecule has 3 N–H and O–H groups in total. The number of aromatic amines is 1. The lowest BCUT2D eigenvalue weighted by Gasteiger charge is -2.30. The normalized spacial score (nSPS) is 19.6. The standard InChI is InChI=1S/C22H32N4O4S/c1-4-26(5-2)31(29,30)17-9-10-20-18(14-17)21(27)19(15-24-20)22(28)23-11-13-25-12-7-6-8-16(25)3/h9-10,14-16H,4-8,11-13H2,1-3H3,(H,23,28)(H,24,27)/p+1. The number of benzene rings is 1. The minimum atomic E-state index is -3.70. The largest absolute Gasteiger partial charge is 0.360 e. The number of piperidine rings is 1. The van der Waals surface area contributed by atoms with Gasteiger partial charge in [0.1, 0.15) is 5.56 Å². The number of fused-ring (bicyclic) bond motifs is 1. The number of sulfonamides is 1. The van der Waals surface area contributed by atoms with E-state index in [9.17, 15) is 18.0 Å². The van der Waals surface area contributed by atoms with Crippen LogP contribution < -0.4 is 15.6 Å². The molecule has 0 aliphatic carbocycles. The smallest absolute Gasteiger partial charge is 0.256 e. The lowest BCUT2D eigenvalue weighted by atomic mass is 10.0. The summed E-state index contributed by atoms with van der Waals surface area (Å²) in [5.74, 6) is -0.441.